The number of halogens is 1. The maximum atomic E-state index is 4.23. The summed E-state index contributed by atoms with van der Waals surface area (Å²) in [7, 11) is 0. The molecule has 0 amide bonds. The first-order valence-electron chi connectivity index (χ1n) is 5.09. The van der Waals surface area contributed by atoms with Crippen LogP contribution >= 0.6 is 27.7 Å². The van der Waals surface area contributed by atoms with Crippen molar-refractivity contribution in [1.29, 1.82) is 0 Å². The summed E-state index contributed by atoms with van der Waals surface area (Å²) in [6, 6.07) is 6.35. The van der Waals surface area contributed by atoms with Crippen molar-refractivity contribution in [2.45, 2.75) is 18.2 Å². The van der Waals surface area contributed by atoms with Gasteiger partial charge in [0.2, 0.25) is 0 Å². The minimum atomic E-state index is 0.959. The van der Waals surface area contributed by atoms with E-state index in [2.05, 4.69) is 48.9 Å². The van der Waals surface area contributed by atoms with Crippen molar-refractivity contribution in [1.82, 2.24) is 14.8 Å². The van der Waals surface area contributed by atoms with Crippen LogP contribution in [0.5, 0.6) is 0 Å². The number of benzene rings is 1. The molecule has 3 nitrogen and oxygen atoms in total. The van der Waals surface area contributed by atoms with Gasteiger partial charge < -0.3 is 0 Å². The summed E-state index contributed by atoms with van der Waals surface area (Å²) >= 11 is 5.39. The highest BCUT2D eigenvalue weighted by Gasteiger charge is 2.17. The Balaban J connectivity index is 2.28. The van der Waals surface area contributed by atoms with Crippen LogP contribution < -0.4 is 0 Å². The van der Waals surface area contributed by atoms with Gasteiger partial charge in [-0.25, -0.2) is 0 Å². The molecule has 82 valence electrons. The molecule has 1 aliphatic rings. The highest BCUT2D eigenvalue weighted by Crippen LogP contribution is 2.33. The second kappa shape index (κ2) is 3.89. The Morgan fingerprint density at radius 1 is 1.38 bits per heavy atom. The molecule has 3 rings (SSSR count). The van der Waals surface area contributed by atoms with Crippen LogP contribution in [0.3, 0.4) is 0 Å². The fourth-order valence-corrected chi connectivity index (χ4v) is 3.46. The molecular formula is C11H10BrN3S. The minimum Gasteiger partial charge on any atom is -0.282 e. The van der Waals surface area contributed by atoms with E-state index in [1.165, 1.54) is 10.6 Å². The third kappa shape index (κ3) is 1.58. The second-order valence-corrected chi connectivity index (χ2v) is 5.76. The lowest BCUT2D eigenvalue weighted by Gasteiger charge is -2.09. The lowest BCUT2D eigenvalue weighted by molar-refractivity contribution is 0.875. The van der Waals surface area contributed by atoms with Crippen LogP contribution in [0, 0.1) is 6.92 Å². The fraction of sp³-hybridized carbons (Fsp3) is 0.273. The number of fused-ring (bicyclic) bond motifs is 3. The van der Waals surface area contributed by atoms with Gasteiger partial charge in [-0.2, -0.15) is 0 Å². The summed E-state index contributed by atoms with van der Waals surface area (Å²) in [5.74, 6) is 3.08. The summed E-state index contributed by atoms with van der Waals surface area (Å²) in [6.07, 6.45) is 0.970. The van der Waals surface area contributed by atoms with E-state index < -0.39 is 0 Å². The quantitative estimate of drug-likeness (QED) is 0.749. The zero-order chi connectivity index (χ0) is 11.1. The molecule has 1 aromatic carbocycles. The van der Waals surface area contributed by atoms with Gasteiger partial charge in [-0.1, -0.05) is 15.9 Å². The predicted molar refractivity (Wildman–Crippen MR) is 68.2 cm³/mol. The molecule has 0 atom stereocenters. The Labute approximate surface area is 106 Å². The van der Waals surface area contributed by atoms with E-state index in [9.17, 15) is 0 Å². The topological polar surface area (TPSA) is 30.7 Å². The maximum Gasteiger partial charge on any atom is 0.138 e. The van der Waals surface area contributed by atoms with E-state index in [4.69, 9.17) is 0 Å². The van der Waals surface area contributed by atoms with E-state index in [1.807, 2.05) is 18.7 Å². The van der Waals surface area contributed by atoms with Gasteiger partial charge in [-0.05, 0) is 25.1 Å². The molecule has 2 aromatic rings. The second-order valence-electron chi connectivity index (χ2n) is 3.71. The van der Waals surface area contributed by atoms with E-state index in [1.54, 1.807) is 0 Å². The number of thioether (sulfide) groups is 1. The van der Waals surface area contributed by atoms with Crippen LogP contribution in [0.4, 0.5) is 0 Å². The molecule has 1 aromatic heterocycles. The molecule has 1 aliphatic heterocycles. The summed E-state index contributed by atoms with van der Waals surface area (Å²) in [4.78, 5) is 1.29. The molecule has 2 heterocycles. The highest BCUT2D eigenvalue weighted by atomic mass is 79.9. The van der Waals surface area contributed by atoms with Gasteiger partial charge in [0.05, 0.1) is 5.69 Å². The number of aryl methyl sites for hydroxylation is 2. The van der Waals surface area contributed by atoms with Gasteiger partial charge in [-0.3, -0.25) is 4.57 Å². The standard InChI is InChI=1S/C11H10BrN3S/c1-7-13-14-11-4-5-16-10-6-8(12)2-3-9(10)15(7)11/h2-3,6H,4-5H2,1H3. The Hall–Kier alpha value is -0.810. The average Bonchev–Trinajstić information content (AvgIpc) is 2.53. The number of nitrogens with zero attached hydrogens (tertiary/aromatic N) is 3. The molecule has 0 bridgehead atoms. The highest BCUT2D eigenvalue weighted by molar-refractivity contribution is 9.10. The van der Waals surface area contributed by atoms with Crippen LogP contribution in [-0.2, 0) is 6.42 Å². The molecule has 0 N–H and O–H groups in total. The van der Waals surface area contributed by atoms with Crippen LogP contribution in [0.25, 0.3) is 5.69 Å². The monoisotopic (exact) mass is 295 g/mol. The zero-order valence-corrected chi connectivity index (χ0v) is 11.2. The molecule has 0 fully saturated rings. The van der Waals surface area contributed by atoms with Crippen molar-refractivity contribution in [2.75, 3.05) is 5.75 Å². The predicted octanol–water partition coefficient (Wildman–Crippen LogP) is 2.99. The maximum absolute atomic E-state index is 4.23. The van der Waals surface area contributed by atoms with Crippen LogP contribution in [0.15, 0.2) is 27.6 Å². The van der Waals surface area contributed by atoms with Gasteiger partial charge in [0, 0.05) is 21.5 Å². The van der Waals surface area contributed by atoms with Gasteiger partial charge in [0.1, 0.15) is 11.6 Å². The van der Waals surface area contributed by atoms with Crippen molar-refractivity contribution < 1.29 is 0 Å². The third-order valence-electron chi connectivity index (χ3n) is 2.64. The van der Waals surface area contributed by atoms with Crippen molar-refractivity contribution >= 4 is 27.7 Å². The Morgan fingerprint density at radius 2 is 2.25 bits per heavy atom. The lowest BCUT2D eigenvalue weighted by atomic mass is 10.3. The summed E-state index contributed by atoms with van der Waals surface area (Å²) in [5.41, 5.74) is 1.20. The minimum absolute atomic E-state index is 0.959. The van der Waals surface area contributed by atoms with Gasteiger partial charge in [0.15, 0.2) is 0 Å². The van der Waals surface area contributed by atoms with Crippen LogP contribution in [0.1, 0.15) is 11.6 Å². The largest absolute Gasteiger partial charge is 0.282 e. The molecule has 5 heteroatoms. The smallest absolute Gasteiger partial charge is 0.138 e. The van der Waals surface area contributed by atoms with E-state index >= 15 is 0 Å². The molecule has 16 heavy (non-hydrogen) atoms. The first-order valence-corrected chi connectivity index (χ1v) is 6.87. The molecule has 0 aliphatic carbocycles. The summed E-state index contributed by atoms with van der Waals surface area (Å²) in [5, 5.41) is 8.38. The molecule has 0 radical (unpaired) electrons. The number of rotatable bonds is 0. The summed E-state index contributed by atoms with van der Waals surface area (Å²) < 4.78 is 3.27. The molecule has 0 spiro atoms. The zero-order valence-electron chi connectivity index (χ0n) is 8.77. The van der Waals surface area contributed by atoms with Crippen molar-refractivity contribution in [3.05, 3.63) is 34.3 Å². The Bertz CT molecular complexity index is 550. The molecule has 0 saturated carbocycles. The third-order valence-corrected chi connectivity index (χ3v) is 4.18. The molecule has 0 saturated heterocycles. The first kappa shape index (κ1) is 10.4. The van der Waals surface area contributed by atoms with Crippen LogP contribution in [-0.4, -0.2) is 20.5 Å². The van der Waals surface area contributed by atoms with E-state index in [0.29, 0.717) is 0 Å². The fourth-order valence-electron chi connectivity index (χ4n) is 1.92. The first-order chi connectivity index (χ1) is 7.75. The summed E-state index contributed by atoms with van der Waals surface area (Å²) in [6.45, 7) is 2.00. The lowest BCUT2D eigenvalue weighted by Crippen LogP contribution is -2.02. The number of hydrogen-bond donors (Lipinski definition) is 0. The van der Waals surface area contributed by atoms with Gasteiger partial charge in [0.25, 0.3) is 0 Å². The Morgan fingerprint density at radius 3 is 3.12 bits per heavy atom. The average molecular weight is 296 g/mol. The van der Waals surface area contributed by atoms with E-state index in [0.717, 1.165) is 28.3 Å². The van der Waals surface area contributed by atoms with Crippen molar-refractivity contribution in [3.8, 4) is 5.69 Å². The molecular weight excluding hydrogens is 286 g/mol. The van der Waals surface area contributed by atoms with Gasteiger partial charge >= 0.3 is 0 Å². The normalized spacial score (nSPS) is 14.1. The number of aromatic nitrogens is 3. The van der Waals surface area contributed by atoms with Crippen molar-refractivity contribution in [2.24, 2.45) is 0 Å². The Kier molecular flexibility index (Phi) is 2.52. The number of hydrogen-bond acceptors (Lipinski definition) is 3. The van der Waals surface area contributed by atoms with Crippen molar-refractivity contribution in [3.63, 3.8) is 0 Å². The SMILES string of the molecule is Cc1nnc2n1-c1ccc(Br)cc1SCC2. The van der Waals surface area contributed by atoms with E-state index in [-0.39, 0.29) is 0 Å². The van der Waals surface area contributed by atoms with Gasteiger partial charge in [-0.15, -0.1) is 22.0 Å². The molecule has 0 unspecified atom stereocenters. The van der Waals surface area contributed by atoms with Crippen LogP contribution in [0.2, 0.25) is 0 Å².